The van der Waals surface area contributed by atoms with Crippen molar-refractivity contribution in [3.05, 3.63) is 224 Å². The van der Waals surface area contributed by atoms with Crippen molar-refractivity contribution in [1.29, 1.82) is 0 Å². The summed E-state index contributed by atoms with van der Waals surface area (Å²) in [6.07, 6.45) is 0. The monoisotopic (exact) mass is 811 g/mol. The van der Waals surface area contributed by atoms with Crippen LogP contribution in [0.4, 0.5) is 0 Å². The highest BCUT2D eigenvalue weighted by Crippen LogP contribution is 2.44. The van der Waals surface area contributed by atoms with Gasteiger partial charge < -0.3 is 0 Å². The van der Waals surface area contributed by atoms with Crippen molar-refractivity contribution in [3.63, 3.8) is 0 Å². The van der Waals surface area contributed by atoms with Crippen LogP contribution in [0.15, 0.2) is 224 Å². The first-order valence-corrected chi connectivity index (χ1v) is 21.8. The Bertz CT molecular complexity index is 3910. The summed E-state index contributed by atoms with van der Waals surface area (Å²) >= 11 is 0. The maximum absolute atomic E-state index is 5.08. The summed E-state index contributed by atoms with van der Waals surface area (Å²) < 4.78 is 0. The van der Waals surface area contributed by atoms with Crippen LogP contribution in [-0.2, 0) is 0 Å². The molecule has 0 spiro atoms. The molecule has 13 rings (SSSR count). The molecule has 0 radical (unpaired) electrons. The summed E-state index contributed by atoms with van der Waals surface area (Å²) in [6.45, 7) is 0. The molecule has 3 heteroatoms. The van der Waals surface area contributed by atoms with Gasteiger partial charge in [-0.25, -0.2) is 15.0 Å². The molecule has 3 nitrogen and oxygen atoms in total. The predicted molar refractivity (Wildman–Crippen MR) is 269 cm³/mol. The average molecular weight is 812 g/mol. The normalized spacial score (nSPS) is 11.8. The third-order valence-electron chi connectivity index (χ3n) is 13.0. The molecular weight excluding hydrogens is 775 g/mol. The zero-order valence-corrected chi connectivity index (χ0v) is 34.7. The minimum absolute atomic E-state index is 0.635. The van der Waals surface area contributed by atoms with Gasteiger partial charge in [-0.3, -0.25) is 0 Å². The molecule has 0 aliphatic heterocycles. The molecule has 0 N–H and O–H groups in total. The number of hydrogen-bond acceptors (Lipinski definition) is 3. The molecular formula is C61H37N3. The molecule has 0 atom stereocenters. The number of nitrogens with zero attached hydrogens (tertiary/aromatic N) is 3. The van der Waals surface area contributed by atoms with E-state index in [-0.39, 0.29) is 0 Å². The fourth-order valence-corrected chi connectivity index (χ4v) is 9.94. The van der Waals surface area contributed by atoms with Crippen LogP contribution >= 0.6 is 0 Å². The first-order chi connectivity index (χ1) is 31.7. The van der Waals surface area contributed by atoms with Crippen LogP contribution in [-0.4, -0.2) is 15.0 Å². The zero-order valence-electron chi connectivity index (χ0n) is 34.7. The maximum atomic E-state index is 5.08. The van der Waals surface area contributed by atoms with Crippen LogP contribution in [0.2, 0.25) is 0 Å². The smallest absolute Gasteiger partial charge is 0.164 e. The van der Waals surface area contributed by atoms with E-state index < -0.39 is 0 Å². The van der Waals surface area contributed by atoms with E-state index in [0.717, 1.165) is 33.4 Å². The molecule has 296 valence electrons. The van der Waals surface area contributed by atoms with E-state index in [2.05, 4.69) is 188 Å². The molecule has 0 aliphatic carbocycles. The van der Waals surface area contributed by atoms with E-state index in [9.17, 15) is 0 Å². The standard InChI is InChI=1S/C61H37N3/c1-3-11-38(12-4-1)39-27-32-46(33-28-39)60-62-59(45-13-5-2-6-14-45)63-61(64-60)49-19-7-18-47(35-49)40-23-25-41(26-24-40)50-36-48-34-31-44-16-9-21-52-51-20-8-15-42-29-30-43-17-10-22-53(57(43)55(42)51)54(37-50)58(48)56(44)52/h1-37H. The molecule has 0 amide bonds. The Morgan fingerprint density at radius 2 is 0.547 bits per heavy atom. The first kappa shape index (κ1) is 36.2. The van der Waals surface area contributed by atoms with E-state index >= 15 is 0 Å². The Labute approximate surface area is 370 Å². The molecule has 1 heterocycles. The number of hydrogen-bond donors (Lipinski definition) is 0. The Hall–Kier alpha value is -8.53. The van der Waals surface area contributed by atoms with Crippen LogP contribution in [0.1, 0.15) is 0 Å². The van der Waals surface area contributed by atoms with Gasteiger partial charge in [0.1, 0.15) is 0 Å². The lowest BCUT2D eigenvalue weighted by Crippen LogP contribution is -2.00. The molecule has 13 aromatic rings. The molecule has 1 aromatic heterocycles. The third kappa shape index (κ3) is 5.94. The molecule has 0 fully saturated rings. The predicted octanol–water partition coefficient (Wildman–Crippen LogP) is 16.2. The summed E-state index contributed by atoms with van der Waals surface area (Å²) in [6, 6.07) is 80.8. The van der Waals surface area contributed by atoms with E-state index in [0.29, 0.717) is 17.5 Å². The minimum atomic E-state index is 0.635. The van der Waals surface area contributed by atoms with Gasteiger partial charge >= 0.3 is 0 Å². The fourth-order valence-electron chi connectivity index (χ4n) is 9.94. The Kier molecular flexibility index (Phi) is 8.22. The third-order valence-corrected chi connectivity index (χ3v) is 13.0. The Balaban J connectivity index is 0.916. The lowest BCUT2D eigenvalue weighted by atomic mass is 9.86. The summed E-state index contributed by atoms with van der Waals surface area (Å²) in [4.78, 5) is 15.1. The molecule has 0 bridgehead atoms. The highest BCUT2D eigenvalue weighted by atomic mass is 15.0. The maximum Gasteiger partial charge on any atom is 0.164 e. The SMILES string of the molecule is c1ccc(-c2ccc(-c3nc(-c4ccccc4)nc(-c4cccc(-c5ccc(-c6cc7ccc8cccc9c%10cccc%11ccc%12cccc(c(c6)c7c89)c%12c%11%10)cc5)c4)n3)cc2)cc1. The lowest BCUT2D eigenvalue weighted by Gasteiger charge is -2.17. The molecule has 64 heavy (non-hydrogen) atoms. The second kappa shape index (κ2) is 14.5. The Morgan fingerprint density at radius 3 is 1.11 bits per heavy atom. The van der Waals surface area contributed by atoms with Gasteiger partial charge in [0, 0.05) is 16.7 Å². The topological polar surface area (TPSA) is 38.7 Å². The van der Waals surface area contributed by atoms with Gasteiger partial charge in [-0.15, -0.1) is 0 Å². The van der Waals surface area contributed by atoms with Gasteiger partial charge in [0.25, 0.3) is 0 Å². The quantitative estimate of drug-likeness (QED) is 0.157. The summed E-state index contributed by atoms with van der Waals surface area (Å²) in [5.74, 6) is 1.92. The van der Waals surface area contributed by atoms with Crippen molar-refractivity contribution < 1.29 is 0 Å². The first-order valence-electron chi connectivity index (χ1n) is 21.8. The van der Waals surface area contributed by atoms with E-state index in [1.54, 1.807) is 0 Å². The molecule has 0 unspecified atom stereocenters. The van der Waals surface area contributed by atoms with Gasteiger partial charge in [-0.1, -0.05) is 206 Å². The molecule has 0 aliphatic rings. The highest BCUT2D eigenvalue weighted by Gasteiger charge is 2.17. The van der Waals surface area contributed by atoms with Crippen molar-refractivity contribution >= 4 is 64.6 Å². The number of fused-ring (bicyclic) bond motifs is 2. The average Bonchev–Trinajstić information content (AvgIpc) is 3.37. The van der Waals surface area contributed by atoms with Gasteiger partial charge in [0.2, 0.25) is 0 Å². The van der Waals surface area contributed by atoms with Crippen molar-refractivity contribution in [3.8, 4) is 67.5 Å². The Morgan fingerprint density at radius 1 is 0.188 bits per heavy atom. The second-order valence-electron chi connectivity index (χ2n) is 16.7. The van der Waals surface area contributed by atoms with E-state index in [1.165, 1.54) is 81.3 Å². The zero-order chi connectivity index (χ0) is 42.1. The molecule has 0 saturated heterocycles. The fraction of sp³-hybridized carbons (Fsp3) is 0. The van der Waals surface area contributed by atoms with Crippen LogP contribution in [0.5, 0.6) is 0 Å². The van der Waals surface area contributed by atoms with Crippen LogP contribution < -0.4 is 0 Å². The second-order valence-corrected chi connectivity index (χ2v) is 16.7. The van der Waals surface area contributed by atoms with Crippen LogP contribution in [0.3, 0.4) is 0 Å². The van der Waals surface area contributed by atoms with Crippen molar-refractivity contribution in [2.24, 2.45) is 0 Å². The molecule has 12 aromatic carbocycles. The number of aromatic nitrogens is 3. The largest absolute Gasteiger partial charge is 0.208 e. The van der Waals surface area contributed by atoms with E-state index in [4.69, 9.17) is 15.0 Å². The van der Waals surface area contributed by atoms with Gasteiger partial charge in [0.15, 0.2) is 17.5 Å². The summed E-state index contributed by atoms with van der Waals surface area (Å²) in [5.41, 5.74) is 9.73. The van der Waals surface area contributed by atoms with Gasteiger partial charge in [-0.05, 0) is 116 Å². The van der Waals surface area contributed by atoms with Crippen LogP contribution in [0.25, 0.3) is 132 Å². The van der Waals surface area contributed by atoms with Crippen molar-refractivity contribution in [2.75, 3.05) is 0 Å². The minimum Gasteiger partial charge on any atom is -0.208 e. The molecule has 0 saturated carbocycles. The van der Waals surface area contributed by atoms with Gasteiger partial charge in [-0.2, -0.15) is 0 Å². The van der Waals surface area contributed by atoms with Gasteiger partial charge in [0.05, 0.1) is 0 Å². The summed E-state index contributed by atoms with van der Waals surface area (Å²) in [7, 11) is 0. The van der Waals surface area contributed by atoms with Crippen LogP contribution in [0, 0.1) is 0 Å². The summed E-state index contributed by atoms with van der Waals surface area (Å²) in [5, 5.41) is 15.4. The highest BCUT2D eigenvalue weighted by molar-refractivity contribution is 6.37. The number of benzene rings is 11. The lowest BCUT2D eigenvalue weighted by molar-refractivity contribution is 1.07. The van der Waals surface area contributed by atoms with Crippen molar-refractivity contribution in [1.82, 2.24) is 15.0 Å². The van der Waals surface area contributed by atoms with Crippen molar-refractivity contribution in [2.45, 2.75) is 0 Å². The van der Waals surface area contributed by atoms with E-state index in [1.807, 2.05) is 36.4 Å². The number of rotatable bonds is 6.